The van der Waals surface area contributed by atoms with Crippen LogP contribution in [0.3, 0.4) is 0 Å². The third kappa shape index (κ3) is 4.42. The third-order valence-corrected chi connectivity index (χ3v) is 2.84. The molecule has 0 saturated carbocycles. The van der Waals surface area contributed by atoms with E-state index in [4.69, 9.17) is 5.11 Å². The Labute approximate surface area is 115 Å². The molecule has 0 fully saturated rings. The molecule has 0 radical (unpaired) electrons. The maximum atomic E-state index is 12.3. The monoisotopic (exact) mass is 259 g/mol. The smallest absolute Gasteiger partial charge is 0.253 e. The average Bonchev–Trinajstić information content (AvgIpc) is 2.40. The molecule has 0 aromatic heterocycles. The van der Waals surface area contributed by atoms with Crippen molar-refractivity contribution in [3.8, 4) is 11.8 Å². The van der Waals surface area contributed by atoms with Crippen molar-refractivity contribution in [2.75, 3.05) is 20.2 Å². The summed E-state index contributed by atoms with van der Waals surface area (Å²) in [6.45, 7) is 4.79. The van der Waals surface area contributed by atoms with Crippen LogP contribution in [0.25, 0.3) is 0 Å². The van der Waals surface area contributed by atoms with Crippen LogP contribution in [0.2, 0.25) is 0 Å². The summed E-state index contributed by atoms with van der Waals surface area (Å²) in [5, 5.41) is 8.70. The molecule has 0 bridgehead atoms. The van der Waals surface area contributed by atoms with Crippen LogP contribution in [0.15, 0.2) is 18.2 Å². The lowest BCUT2D eigenvalue weighted by Crippen LogP contribution is -2.28. The molecule has 1 amide bonds. The Morgan fingerprint density at radius 3 is 2.79 bits per heavy atom. The number of rotatable bonds is 4. The van der Waals surface area contributed by atoms with E-state index in [2.05, 4.69) is 11.8 Å². The number of hydrogen-bond donors (Lipinski definition) is 1. The zero-order chi connectivity index (χ0) is 14.3. The molecule has 0 atom stereocenters. The maximum Gasteiger partial charge on any atom is 0.253 e. The highest BCUT2D eigenvalue weighted by molar-refractivity contribution is 5.95. The van der Waals surface area contributed by atoms with Crippen LogP contribution in [-0.4, -0.2) is 36.1 Å². The molecule has 0 unspecified atom stereocenters. The molecular weight excluding hydrogens is 238 g/mol. The Morgan fingerprint density at radius 2 is 2.16 bits per heavy atom. The van der Waals surface area contributed by atoms with Gasteiger partial charge in [0.1, 0.15) is 0 Å². The van der Waals surface area contributed by atoms with Crippen molar-refractivity contribution in [3.05, 3.63) is 34.9 Å². The third-order valence-electron chi connectivity index (χ3n) is 2.84. The van der Waals surface area contributed by atoms with Gasteiger partial charge in [0.25, 0.3) is 5.91 Å². The first-order valence-corrected chi connectivity index (χ1v) is 6.56. The van der Waals surface area contributed by atoms with Gasteiger partial charge in [-0.3, -0.25) is 4.79 Å². The van der Waals surface area contributed by atoms with Crippen molar-refractivity contribution in [1.82, 2.24) is 4.90 Å². The molecule has 102 valence electrons. The second-order valence-corrected chi connectivity index (χ2v) is 4.53. The van der Waals surface area contributed by atoms with Crippen LogP contribution in [0, 0.1) is 18.8 Å². The molecule has 0 heterocycles. The normalized spacial score (nSPS) is 9.68. The van der Waals surface area contributed by atoms with Crippen molar-refractivity contribution in [2.24, 2.45) is 0 Å². The minimum atomic E-state index is 0.0326. The molecule has 0 aliphatic carbocycles. The first-order chi connectivity index (χ1) is 9.10. The second-order valence-electron chi connectivity index (χ2n) is 4.53. The molecule has 0 aliphatic heterocycles. The summed E-state index contributed by atoms with van der Waals surface area (Å²) in [6, 6.07) is 5.64. The van der Waals surface area contributed by atoms with Gasteiger partial charge in [-0.05, 0) is 31.0 Å². The summed E-state index contributed by atoms with van der Waals surface area (Å²) < 4.78 is 0. The Bertz CT molecular complexity index is 497. The summed E-state index contributed by atoms with van der Waals surface area (Å²) in [5.74, 6) is 5.86. The minimum absolute atomic E-state index is 0.0326. The maximum absolute atomic E-state index is 12.3. The van der Waals surface area contributed by atoms with Gasteiger partial charge in [0, 0.05) is 31.1 Å². The highest BCUT2D eigenvalue weighted by atomic mass is 16.2. The molecule has 1 aromatic rings. The molecule has 0 spiro atoms. The number of nitrogens with zero attached hydrogens (tertiary/aromatic N) is 1. The predicted molar refractivity (Wildman–Crippen MR) is 77.0 cm³/mol. The number of hydrogen-bond acceptors (Lipinski definition) is 2. The molecule has 1 N–H and O–H groups in total. The van der Waals surface area contributed by atoms with Crippen LogP contribution in [0.4, 0.5) is 0 Å². The summed E-state index contributed by atoms with van der Waals surface area (Å²) in [7, 11) is 1.81. The Morgan fingerprint density at radius 1 is 1.42 bits per heavy atom. The highest BCUT2D eigenvalue weighted by Gasteiger charge is 2.13. The zero-order valence-corrected chi connectivity index (χ0v) is 11.9. The van der Waals surface area contributed by atoms with E-state index < -0.39 is 0 Å². The fourth-order valence-corrected chi connectivity index (χ4v) is 1.79. The van der Waals surface area contributed by atoms with E-state index in [0.717, 1.165) is 24.1 Å². The fourth-order valence-electron chi connectivity index (χ4n) is 1.79. The number of carbonyl (C=O) groups excluding carboxylic acids is 1. The minimum Gasteiger partial charge on any atom is -0.395 e. The van der Waals surface area contributed by atoms with Crippen molar-refractivity contribution in [3.63, 3.8) is 0 Å². The van der Waals surface area contributed by atoms with Gasteiger partial charge in [-0.25, -0.2) is 0 Å². The van der Waals surface area contributed by atoms with Gasteiger partial charge in [0.15, 0.2) is 0 Å². The predicted octanol–water partition coefficient (Wildman–Crippen LogP) is 2.21. The standard InChI is InChI=1S/C16H21NO2/c1-4-10-17(3)16(19)15-12-14(7-5-6-11-18)9-8-13(15)2/h8-9,12,18H,4,6,10-11H2,1-3H3. The van der Waals surface area contributed by atoms with Crippen LogP contribution >= 0.6 is 0 Å². The Balaban J connectivity index is 2.98. The molecule has 3 nitrogen and oxygen atoms in total. The Hall–Kier alpha value is -1.79. The summed E-state index contributed by atoms with van der Waals surface area (Å²) in [5.41, 5.74) is 2.47. The number of carbonyl (C=O) groups is 1. The Kier molecular flexibility index (Phi) is 6.11. The SMILES string of the molecule is CCCN(C)C(=O)c1cc(C#CCCO)ccc1C. The van der Waals surface area contributed by atoms with Crippen LogP contribution in [0.5, 0.6) is 0 Å². The largest absolute Gasteiger partial charge is 0.395 e. The first-order valence-electron chi connectivity index (χ1n) is 6.56. The van der Waals surface area contributed by atoms with Crippen LogP contribution in [0.1, 0.15) is 41.3 Å². The van der Waals surface area contributed by atoms with Crippen molar-refractivity contribution < 1.29 is 9.90 Å². The number of benzene rings is 1. The summed E-state index contributed by atoms with van der Waals surface area (Å²) >= 11 is 0. The lowest BCUT2D eigenvalue weighted by Gasteiger charge is -2.17. The van der Waals surface area contributed by atoms with E-state index >= 15 is 0 Å². The van der Waals surface area contributed by atoms with Crippen molar-refractivity contribution in [2.45, 2.75) is 26.7 Å². The average molecular weight is 259 g/mol. The number of aryl methyl sites for hydroxylation is 1. The van der Waals surface area contributed by atoms with Gasteiger partial charge in [-0.1, -0.05) is 24.8 Å². The molecule has 0 aliphatic rings. The molecule has 1 aromatic carbocycles. The van der Waals surface area contributed by atoms with E-state index in [-0.39, 0.29) is 12.5 Å². The van der Waals surface area contributed by atoms with Crippen LogP contribution < -0.4 is 0 Å². The van der Waals surface area contributed by atoms with Gasteiger partial charge in [0.05, 0.1) is 6.61 Å². The number of amides is 1. The lowest BCUT2D eigenvalue weighted by molar-refractivity contribution is 0.0794. The van der Waals surface area contributed by atoms with Gasteiger partial charge < -0.3 is 10.0 Å². The molecule has 1 rings (SSSR count). The van der Waals surface area contributed by atoms with Gasteiger partial charge >= 0.3 is 0 Å². The van der Waals surface area contributed by atoms with Crippen molar-refractivity contribution >= 4 is 5.91 Å². The molecule has 3 heteroatoms. The van der Waals surface area contributed by atoms with Gasteiger partial charge in [0.2, 0.25) is 0 Å². The van der Waals surface area contributed by atoms with E-state index in [0.29, 0.717) is 12.0 Å². The quantitative estimate of drug-likeness (QED) is 0.842. The van der Waals surface area contributed by atoms with Gasteiger partial charge in [-0.2, -0.15) is 0 Å². The van der Waals surface area contributed by atoms with E-state index in [1.54, 1.807) is 4.90 Å². The summed E-state index contributed by atoms with van der Waals surface area (Å²) in [6.07, 6.45) is 1.39. The van der Waals surface area contributed by atoms with Crippen molar-refractivity contribution in [1.29, 1.82) is 0 Å². The van der Waals surface area contributed by atoms with Gasteiger partial charge in [-0.15, -0.1) is 0 Å². The molecular formula is C16H21NO2. The number of aliphatic hydroxyl groups is 1. The van der Waals surface area contributed by atoms with E-state index in [1.165, 1.54) is 0 Å². The topological polar surface area (TPSA) is 40.5 Å². The summed E-state index contributed by atoms with van der Waals surface area (Å²) in [4.78, 5) is 14.0. The van der Waals surface area contributed by atoms with E-state index in [1.807, 2.05) is 39.1 Å². The lowest BCUT2D eigenvalue weighted by atomic mass is 10.0. The first kappa shape index (κ1) is 15.3. The zero-order valence-electron chi connectivity index (χ0n) is 11.9. The van der Waals surface area contributed by atoms with E-state index in [9.17, 15) is 4.79 Å². The fraction of sp³-hybridized carbons (Fsp3) is 0.438. The highest BCUT2D eigenvalue weighted by Crippen LogP contribution is 2.13. The molecule has 19 heavy (non-hydrogen) atoms. The molecule has 0 saturated heterocycles. The second kappa shape index (κ2) is 7.60. The number of aliphatic hydroxyl groups excluding tert-OH is 1. The van der Waals surface area contributed by atoms with Crippen LogP contribution in [-0.2, 0) is 0 Å².